The van der Waals surface area contributed by atoms with Gasteiger partial charge in [0, 0.05) is 18.8 Å². The number of nitrogens with zero attached hydrogens (tertiary/aromatic N) is 1. The fraction of sp³-hybridized carbons (Fsp3) is 0.211. The maximum Gasteiger partial charge on any atom is 0.219 e. The number of hydrogen-bond donors (Lipinski definition) is 1. The van der Waals surface area contributed by atoms with Gasteiger partial charge in [-0.05, 0) is 55.0 Å². The molecule has 2 heterocycles. The van der Waals surface area contributed by atoms with Gasteiger partial charge in [0.2, 0.25) is 5.88 Å². The zero-order valence-electron chi connectivity index (χ0n) is 13.7. The van der Waals surface area contributed by atoms with Crippen molar-refractivity contribution < 1.29 is 13.9 Å². The first-order valence-corrected chi connectivity index (χ1v) is 7.78. The summed E-state index contributed by atoms with van der Waals surface area (Å²) in [4.78, 5) is 4.25. The van der Waals surface area contributed by atoms with Gasteiger partial charge in [-0.25, -0.2) is 4.98 Å². The lowest BCUT2D eigenvalue weighted by molar-refractivity contribution is 0.412. The molecule has 0 fully saturated rings. The maximum atomic E-state index is 5.78. The number of furan rings is 1. The van der Waals surface area contributed by atoms with Crippen molar-refractivity contribution in [2.75, 3.05) is 7.11 Å². The average Bonchev–Trinajstić information content (AvgIpc) is 3.15. The minimum absolute atomic E-state index is 0.138. The van der Waals surface area contributed by atoms with E-state index in [1.165, 1.54) is 0 Å². The summed E-state index contributed by atoms with van der Waals surface area (Å²) in [6.07, 6.45) is 3.42. The first kappa shape index (κ1) is 16.1. The Morgan fingerprint density at radius 2 is 1.92 bits per heavy atom. The molecule has 3 aromatic rings. The van der Waals surface area contributed by atoms with Gasteiger partial charge in [-0.1, -0.05) is 0 Å². The summed E-state index contributed by atoms with van der Waals surface area (Å²) in [6.45, 7) is 2.76. The lowest BCUT2D eigenvalue weighted by atomic mass is 10.2. The van der Waals surface area contributed by atoms with Crippen molar-refractivity contribution in [1.29, 1.82) is 0 Å². The molecule has 1 N–H and O–H groups in total. The first-order valence-electron chi connectivity index (χ1n) is 7.78. The Hall–Kier alpha value is -2.79. The van der Waals surface area contributed by atoms with E-state index in [0.717, 1.165) is 22.8 Å². The molecular formula is C19H20N2O3. The monoisotopic (exact) mass is 324 g/mol. The second-order valence-corrected chi connectivity index (χ2v) is 5.40. The summed E-state index contributed by atoms with van der Waals surface area (Å²) < 4.78 is 16.3. The molecule has 0 aliphatic carbocycles. The number of pyridine rings is 1. The highest BCUT2D eigenvalue weighted by molar-refractivity contribution is 5.34. The normalized spacial score (nSPS) is 11.9. The van der Waals surface area contributed by atoms with E-state index >= 15 is 0 Å². The van der Waals surface area contributed by atoms with Crippen LogP contribution in [0.3, 0.4) is 0 Å². The largest absolute Gasteiger partial charge is 0.497 e. The molecule has 3 rings (SSSR count). The van der Waals surface area contributed by atoms with Crippen LogP contribution in [-0.2, 0) is 6.54 Å². The number of benzene rings is 1. The Bertz CT molecular complexity index is 755. The Balaban J connectivity index is 1.61. The summed E-state index contributed by atoms with van der Waals surface area (Å²) in [7, 11) is 1.64. The molecule has 0 radical (unpaired) electrons. The summed E-state index contributed by atoms with van der Waals surface area (Å²) in [6, 6.07) is 15.3. The summed E-state index contributed by atoms with van der Waals surface area (Å²) in [5, 5.41) is 3.41. The van der Waals surface area contributed by atoms with E-state index < -0.39 is 0 Å². The Morgan fingerprint density at radius 1 is 1.12 bits per heavy atom. The van der Waals surface area contributed by atoms with Crippen molar-refractivity contribution in [3.8, 4) is 17.4 Å². The van der Waals surface area contributed by atoms with Crippen LogP contribution in [0.1, 0.15) is 24.3 Å². The van der Waals surface area contributed by atoms with Gasteiger partial charge < -0.3 is 19.2 Å². The molecular weight excluding hydrogens is 304 g/mol. The molecule has 0 bridgehead atoms. The van der Waals surface area contributed by atoms with Crippen LogP contribution in [0.25, 0.3) is 0 Å². The summed E-state index contributed by atoms with van der Waals surface area (Å²) >= 11 is 0. The van der Waals surface area contributed by atoms with Gasteiger partial charge in [0.1, 0.15) is 17.3 Å². The molecule has 0 amide bonds. The zero-order valence-corrected chi connectivity index (χ0v) is 13.7. The third kappa shape index (κ3) is 4.14. The predicted octanol–water partition coefficient (Wildman–Crippen LogP) is 4.33. The first-order chi connectivity index (χ1) is 11.7. The van der Waals surface area contributed by atoms with E-state index in [4.69, 9.17) is 13.9 Å². The fourth-order valence-electron chi connectivity index (χ4n) is 2.29. The van der Waals surface area contributed by atoms with Crippen LogP contribution in [0.5, 0.6) is 17.4 Å². The highest BCUT2D eigenvalue weighted by Crippen LogP contribution is 2.23. The number of ether oxygens (including phenoxy) is 2. The van der Waals surface area contributed by atoms with Crippen molar-refractivity contribution in [2.24, 2.45) is 0 Å². The van der Waals surface area contributed by atoms with E-state index in [1.807, 2.05) is 48.5 Å². The second kappa shape index (κ2) is 7.66. The van der Waals surface area contributed by atoms with Crippen LogP contribution in [0, 0.1) is 0 Å². The molecule has 2 aromatic heterocycles. The van der Waals surface area contributed by atoms with Gasteiger partial charge in [-0.2, -0.15) is 0 Å². The maximum absolute atomic E-state index is 5.78. The molecule has 1 atom stereocenters. The molecule has 0 spiro atoms. The third-order valence-electron chi connectivity index (χ3n) is 3.66. The Kier molecular flexibility index (Phi) is 5.13. The van der Waals surface area contributed by atoms with E-state index in [9.17, 15) is 0 Å². The predicted molar refractivity (Wildman–Crippen MR) is 91.3 cm³/mol. The number of hydrogen-bond acceptors (Lipinski definition) is 5. The smallest absolute Gasteiger partial charge is 0.219 e. The third-order valence-corrected chi connectivity index (χ3v) is 3.66. The fourth-order valence-corrected chi connectivity index (χ4v) is 2.29. The van der Waals surface area contributed by atoms with Crippen LogP contribution in [0.4, 0.5) is 0 Å². The molecule has 24 heavy (non-hydrogen) atoms. The van der Waals surface area contributed by atoms with Gasteiger partial charge in [-0.15, -0.1) is 0 Å². The molecule has 1 unspecified atom stereocenters. The highest BCUT2D eigenvalue weighted by Gasteiger charge is 2.08. The van der Waals surface area contributed by atoms with E-state index in [2.05, 4.69) is 17.2 Å². The number of rotatable bonds is 7. The quantitative estimate of drug-likeness (QED) is 0.701. The minimum Gasteiger partial charge on any atom is -0.497 e. The van der Waals surface area contributed by atoms with Crippen LogP contribution >= 0.6 is 0 Å². The molecule has 124 valence electrons. The van der Waals surface area contributed by atoms with Gasteiger partial charge >= 0.3 is 0 Å². The van der Waals surface area contributed by atoms with Crippen molar-refractivity contribution in [1.82, 2.24) is 10.3 Å². The Labute approximate surface area is 141 Å². The van der Waals surface area contributed by atoms with Crippen molar-refractivity contribution in [3.63, 3.8) is 0 Å². The molecule has 5 nitrogen and oxygen atoms in total. The topological polar surface area (TPSA) is 56.5 Å². The second-order valence-electron chi connectivity index (χ2n) is 5.40. The number of methoxy groups -OCH3 is 1. The molecule has 5 heteroatoms. The van der Waals surface area contributed by atoms with Gasteiger partial charge in [-0.3, -0.25) is 0 Å². The summed E-state index contributed by atoms with van der Waals surface area (Å²) in [5.74, 6) is 2.99. The lowest BCUT2D eigenvalue weighted by Crippen LogP contribution is -2.17. The molecule has 0 aliphatic heterocycles. The van der Waals surface area contributed by atoms with E-state index in [1.54, 1.807) is 19.6 Å². The minimum atomic E-state index is 0.138. The van der Waals surface area contributed by atoms with Gasteiger partial charge in [0.15, 0.2) is 0 Å². The van der Waals surface area contributed by atoms with E-state index in [0.29, 0.717) is 12.4 Å². The lowest BCUT2D eigenvalue weighted by Gasteiger charge is -2.12. The molecule has 1 aromatic carbocycles. The van der Waals surface area contributed by atoms with Gasteiger partial charge in [0.05, 0.1) is 19.4 Å². The molecule has 0 saturated carbocycles. The van der Waals surface area contributed by atoms with Gasteiger partial charge in [0.25, 0.3) is 0 Å². The number of aromatic nitrogens is 1. The molecule has 0 aliphatic rings. The SMILES string of the molecule is COc1ccc(Oc2cc(CNC(C)c3ccco3)ccn2)cc1. The summed E-state index contributed by atoms with van der Waals surface area (Å²) in [5.41, 5.74) is 1.09. The van der Waals surface area contributed by atoms with Crippen molar-refractivity contribution >= 4 is 0 Å². The average molecular weight is 324 g/mol. The highest BCUT2D eigenvalue weighted by atomic mass is 16.5. The zero-order chi connectivity index (χ0) is 16.8. The standard InChI is InChI=1S/C19H20N2O3/c1-14(18-4-3-11-23-18)21-13-15-9-10-20-19(12-15)24-17-7-5-16(22-2)6-8-17/h3-12,14,21H,13H2,1-2H3. The van der Waals surface area contributed by atoms with Crippen molar-refractivity contribution in [2.45, 2.75) is 19.5 Å². The molecule has 0 saturated heterocycles. The van der Waals surface area contributed by atoms with Crippen LogP contribution < -0.4 is 14.8 Å². The van der Waals surface area contributed by atoms with Crippen molar-refractivity contribution in [3.05, 3.63) is 72.3 Å². The van der Waals surface area contributed by atoms with E-state index in [-0.39, 0.29) is 6.04 Å². The van der Waals surface area contributed by atoms with Crippen LogP contribution in [0.2, 0.25) is 0 Å². The van der Waals surface area contributed by atoms with Crippen LogP contribution in [-0.4, -0.2) is 12.1 Å². The Morgan fingerprint density at radius 3 is 2.62 bits per heavy atom. The van der Waals surface area contributed by atoms with Crippen LogP contribution in [0.15, 0.2) is 65.4 Å². The number of nitrogens with one attached hydrogen (secondary N) is 1.